The van der Waals surface area contributed by atoms with Crippen molar-refractivity contribution >= 4 is 5.97 Å². The number of hydrogen-bond acceptors (Lipinski definition) is 4. The first-order chi connectivity index (χ1) is 7.67. The van der Waals surface area contributed by atoms with Gasteiger partial charge in [-0.25, -0.2) is 4.79 Å². The highest BCUT2D eigenvalue weighted by atomic mass is 16.5. The molecule has 0 spiro atoms. The van der Waals surface area contributed by atoms with Crippen molar-refractivity contribution in [2.45, 2.75) is 32.3 Å². The molecule has 2 N–H and O–H groups in total. The molecule has 2 atom stereocenters. The Hall–Kier alpha value is -1.29. The van der Waals surface area contributed by atoms with Crippen LogP contribution in [0.3, 0.4) is 0 Å². The lowest BCUT2D eigenvalue weighted by molar-refractivity contribution is -0.147. The fraction of sp³-hybridized carbons (Fsp3) is 0.583. The van der Waals surface area contributed by atoms with Gasteiger partial charge in [0.25, 0.3) is 0 Å². The number of aliphatic hydroxyl groups excluding tert-OH is 2. The molecule has 4 nitrogen and oxygen atoms in total. The van der Waals surface area contributed by atoms with Crippen molar-refractivity contribution in [3.63, 3.8) is 0 Å². The monoisotopic (exact) mass is 224 g/mol. The fourth-order valence-electron chi connectivity index (χ4n) is 2.33. The van der Waals surface area contributed by atoms with Crippen molar-refractivity contribution in [3.8, 4) is 0 Å². The molecule has 1 heterocycles. The molecule has 0 unspecified atom stereocenters. The van der Waals surface area contributed by atoms with Gasteiger partial charge >= 0.3 is 5.97 Å². The normalized spacial score (nSPS) is 29.6. The van der Waals surface area contributed by atoms with Gasteiger partial charge in [0.1, 0.15) is 6.10 Å². The van der Waals surface area contributed by atoms with Crippen LogP contribution in [0.5, 0.6) is 0 Å². The minimum atomic E-state index is -0.468. The van der Waals surface area contributed by atoms with Crippen molar-refractivity contribution < 1.29 is 19.7 Å². The molecule has 16 heavy (non-hydrogen) atoms. The Labute approximate surface area is 94.2 Å². The van der Waals surface area contributed by atoms with Crippen LogP contribution < -0.4 is 0 Å². The smallest absolute Gasteiger partial charge is 0.336 e. The number of carbonyl (C=O) groups excluding carboxylic acids is 1. The molecule has 0 aromatic rings. The maximum atomic E-state index is 11.5. The third kappa shape index (κ3) is 1.73. The number of rotatable bonds is 2. The lowest BCUT2D eigenvalue weighted by atomic mass is 9.81. The summed E-state index contributed by atoms with van der Waals surface area (Å²) in [6.07, 6.45) is 3.62. The highest BCUT2D eigenvalue weighted by molar-refractivity contribution is 5.91. The Bertz CT molecular complexity index is 367. The quantitative estimate of drug-likeness (QED) is 0.697. The molecular formula is C12H16O4. The van der Waals surface area contributed by atoms with Crippen LogP contribution >= 0.6 is 0 Å². The average Bonchev–Trinajstić information content (AvgIpc) is 2.29. The molecule has 0 saturated heterocycles. The number of aliphatic hydroxyl groups is 2. The van der Waals surface area contributed by atoms with E-state index in [0.717, 1.165) is 12.8 Å². The molecule has 0 fully saturated rings. The van der Waals surface area contributed by atoms with Crippen LogP contribution in [0.1, 0.15) is 26.2 Å². The number of carbonyl (C=O) groups is 1. The van der Waals surface area contributed by atoms with Gasteiger partial charge in [-0.15, -0.1) is 0 Å². The van der Waals surface area contributed by atoms with E-state index in [0.29, 0.717) is 12.0 Å². The van der Waals surface area contributed by atoms with Crippen LogP contribution in [0, 0.1) is 5.92 Å². The van der Waals surface area contributed by atoms with Crippen molar-refractivity contribution in [3.05, 3.63) is 23.0 Å². The Morgan fingerprint density at radius 3 is 2.94 bits per heavy atom. The zero-order chi connectivity index (χ0) is 11.7. The summed E-state index contributed by atoms with van der Waals surface area (Å²) in [7, 11) is 0. The zero-order valence-corrected chi connectivity index (χ0v) is 9.27. The van der Waals surface area contributed by atoms with Crippen LogP contribution in [0.15, 0.2) is 23.0 Å². The van der Waals surface area contributed by atoms with Gasteiger partial charge in [0.15, 0.2) is 0 Å². The minimum Gasteiger partial charge on any atom is -0.512 e. The van der Waals surface area contributed by atoms with Gasteiger partial charge in [0.05, 0.1) is 17.9 Å². The summed E-state index contributed by atoms with van der Waals surface area (Å²) in [6, 6.07) is 0. The second kappa shape index (κ2) is 4.29. The maximum Gasteiger partial charge on any atom is 0.336 e. The van der Waals surface area contributed by atoms with E-state index in [2.05, 4.69) is 0 Å². The molecular weight excluding hydrogens is 208 g/mol. The van der Waals surface area contributed by atoms with E-state index in [4.69, 9.17) is 9.84 Å². The van der Waals surface area contributed by atoms with Crippen molar-refractivity contribution in [2.24, 2.45) is 5.92 Å². The van der Waals surface area contributed by atoms with Gasteiger partial charge < -0.3 is 14.9 Å². The molecule has 0 bridgehead atoms. The number of fused-ring (bicyclic) bond motifs is 1. The van der Waals surface area contributed by atoms with E-state index in [1.165, 1.54) is 0 Å². The lowest BCUT2D eigenvalue weighted by Crippen LogP contribution is -2.36. The SMILES string of the molecule is CC[C@H]1CCC(O)=C2C=C(CO)C(=O)O[C@H]21. The number of allylic oxidation sites excluding steroid dienone is 1. The molecule has 2 aliphatic rings. The Morgan fingerprint density at radius 1 is 1.56 bits per heavy atom. The van der Waals surface area contributed by atoms with Crippen LogP contribution in [-0.4, -0.2) is 28.9 Å². The molecule has 0 aromatic carbocycles. The predicted molar refractivity (Wildman–Crippen MR) is 57.7 cm³/mol. The van der Waals surface area contributed by atoms with E-state index in [9.17, 15) is 9.90 Å². The first kappa shape index (κ1) is 11.2. The second-order valence-electron chi connectivity index (χ2n) is 4.26. The van der Waals surface area contributed by atoms with Crippen LogP contribution in [0.4, 0.5) is 0 Å². The summed E-state index contributed by atoms with van der Waals surface area (Å²) in [6.45, 7) is 1.70. The molecule has 0 aromatic heterocycles. The van der Waals surface area contributed by atoms with Gasteiger partial charge in [0, 0.05) is 17.9 Å². The third-order valence-electron chi connectivity index (χ3n) is 3.34. The molecule has 2 rings (SSSR count). The second-order valence-corrected chi connectivity index (χ2v) is 4.26. The summed E-state index contributed by atoms with van der Waals surface area (Å²) in [5, 5.41) is 18.8. The number of ether oxygens (including phenoxy) is 1. The fourth-order valence-corrected chi connectivity index (χ4v) is 2.33. The van der Waals surface area contributed by atoms with Crippen molar-refractivity contribution in [1.29, 1.82) is 0 Å². The van der Waals surface area contributed by atoms with Gasteiger partial charge in [-0.2, -0.15) is 0 Å². The molecule has 0 amide bonds. The highest BCUT2D eigenvalue weighted by Gasteiger charge is 2.36. The summed E-state index contributed by atoms with van der Waals surface area (Å²) in [5.74, 6) is 0.0869. The molecule has 1 aliphatic heterocycles. The average molecular weight is 224 g/mol. The molecule has 0 saturated carbocycles. The van der Waals surface area contributed by atoms with Crippen LogP contribution in [-0.2, 0) is 9.53 Å². The van der Waals surface area contributed by atoms with Gasteiger partial charge in [0.2, 0.25) is 0 Å². The van der Waals surface area contributed by atoms with Gasteiger partial charge in [-0.1, -0.05) is 6.92 Å². The van der Waals surface area contributed by atoms with E-state index < -0.39 is 5.97 Å². The Kier molecular flexibility index (Phi) is 3.01. The van der Waals surface area contributed by atoms with Crippen LogP contribution in [0.2, 0.25) is 0 Å². The maximum absolute atomic E-state index is 11.5. The molecule has 4 heteroatoms. The minimum absolute atomic E-state index is 0.217. The lowest BCUT2D eigenvalue weighted by Gasteiger charge is -2.34. The van der Waals surface area contributed by atoms with E-state index in [1.807, 2.05) is 6.92 Å². The standard InChI is InChI=1S/C12H16O4/c1-2-7-3-4-10(14)9-5-8(6-13)12(15)16-11(7)9/h5,7,11,13-14H,2-4,6H2,1H3/t7-,11-/m0/s1. The summed E-state index contributed by atoms with van der Waals surface area (Å²) < 4.78 is 5.28. The van der Waals surface area contributed by atoms with Gasteiger partial charge in [-0.3, -0.25) is 0 Å². The first-order valence-corrected chi connectivity index (χ1v) is 5.61. The van der Waals surface area contributed by atoms with E-state index in [-0.39, 0.29) is 30.0 Å². The van der Waals surface area contributed by atoms with Crippen molar-refractivity contribution in [2.75, 3.05) is 6.61 Å². The Balaban J connectivity index is 2.38. The van der Waals surface area contributed by atoms with E-state index >= 15 is 0 Å². The zero-order valence-electron chi connectivity index (χ0n) is 9.27. The third-order valence-corrected chi connectivity index (χ3v) is 3.34. The molecule has 0 radical (unpaired) electrons. The summed E-state index contributed by atoms with van der Waals surface area (Å²) >= 11 is 0. The topological polar surface area (TPSA) is 66.8 Å². The summed E-state index contributed by atoms with van der Waals surface area (Å²) in [4.78, 5) is 11.5. The molecule has 88 valence electrons. The first-order valence-electron chi connectivity index (χ1n) is 5.61. The van der Waals surface area contributed by atoms with Crippen molar-refractivity contribution in [1.82, 2.24) is 0 Å². The largest absolute Gasteiger partial charge is 0.512 e. The van der Waals surface area contributed by atoms with E-state index in [1.54, 1.807) is 6.08 Å². The Morgan fingerprint density at radius 2 is 2.31 bits per heavy atom. The number of esters is 1. The summed E-state index contributed by atoms with van der Waals surface area (Å²) in [5.41, 5.74) is 0.885. The van der Waals surface area contributed by atoms with Gasteiger partial charge in [-0.05, 0) is 18.9 Å². The molecule has 1 aliphatic carbocycles. The predicted octanol–water partition coefficient (Wildman–Crippen LogP) is 1.46. The number of hydrogen-bond donors (Lipinski definition) is 2. The van der Waals surface area contributed by atoms with Crippen LogP contribution in [0.25, 0.3) is 0 Å². The highest BCUT2D eigenvalue weighted by Crippen LogP contribution is 2.36.